The minimum absolute atomic E-state index is 0.0643. The average molecular weight is 272 g/mol. The Morgan fingerprint density at radius 2 is 1.89 bits per heavy atom. The summed E-state index contributed by atoms with van der Waals surface area (Å²) in [4.78, 5) is 4.08. The Hall–Kier alpha value is -1.56. The Kier molecular flexibility index (Phi) is 3.30. The van der Waals surface area contributed by atoms with Gasteiger partial charge in [0.1, 0.15) is 5.65 Å². The van der Waals surface area contributed by atoms with Crippen LogP contribution in [0.3, 0.4) is 0 Å². The molecule has 3 nitrogen and oxygen atoms in total. The number of halogens is 3. The van der Waals surface area contributed by atoms with Crippen molar-refractivity contribution in [2.45, 2.75) is 39.0 Å². The van der Waals surface area contributed by atoms with Crippen molar-refractivity contribution in [3.8, 4) is 0 Å². The molecule has 2 heterocycles. The number of rotatable bonds is 2. The van der Waals surface area contributed by atoms with E-state index in [2.05, 4.69) is 4.98 Å². The summed E-state index contributed by atoms with van der Waals surface area (Å²) in [5, 5.41) is 9.79. The molecule has 2 aromatic heterocycles. The first-order chi connectivity index (χ1) is 8.73. The third kappa shape index (κ3) is 2.32. The molecule has 2 rings (SSSR count). The van der Waals surface area contributed by atoms with Gasteiger partial charge in [-0.3, -0.25) is 0 Å². The van der Waals surface area contributed by atoms with Crippen LogP contribution < -0.4 is 0 Å². The highest BCUT2D eigenvalue weighted by atomic mass is 19.4. The van der Waals surface area contributed by atoms with Crippen molar-refractivity contribution in [2.24, 2.45) is 0 Å². The third-order valence-electron chi connectivity index (χ3n) is 2.96. The third-order valence-corrected chi connectivity index (χ3v) is 2.96. The predicted octanol–water partition coefficient (Wildman–Crippen LogP) is 3.53. The van der Waals surface area contributed by atoms with Crippen molar-refractivity contribution in [2.75, 3.05) is 0 Å². The SMILES string of the molecule is CC(C)c1nc2c(C(F)(F)F)cccn2c1C(C)O. The molecule has 0 aliphatic heterocycles. The molecule has 0 saturated heterocycles. The van der Waals surface area contributed by atoms with Crippen LogP contribution >= 0.6 is 0 Å². The van der Waals surface area contributed by atoms with Crippen molar-refractivity contribution in [3.63, 3.8) is 0 Å². The van der Waals surface area contributed by atoms with Crippen molar-refractivity contribution >= 4 is 5.65 Å². The van der Waals surface area contributed by atoms with Crippen LogP contribution in [-0.2, 0) is 6.18 Å². The molecule has 0 aliphatic carbocycles. The number of nitrogens with zero attached hydrogens (tertiary/aromatic N) is 2. The summed E-state index contributed by atoms with van der Waals surface area (Å²) in [6, 6.07) is 2.31. The quantitative estimate of drug-likeness (QED) is 0.908. The zero-order valence-corrected chi connectivity index (χ0v) is 10.9. The van der Waals surface area contributed by atoms with Gasteiger partial charge in [0.2, 0.25) is 0 Å². The topological polar surface area (TPSA) is 37.5 Å². The summed E-state index contributed by atoms with van der Waals surface area (Å²) >= 11 is 0. The van der Waals surface area contributed by atoms with Gasteiger partial charge in [-0.15, -0.1) is 0 Å². The summed E-state index contributed by atoms with van der Waals surface area (Å²) in [5.41, 5.74) is -0.0406. The van der Waals surface area contributed by atoms with Gasteiger partial charge in [-0.1, -0.05) is 13.8 Å². The van der Waals surface area contributed by atoms with Gasteiger partial charge in [-0.05, 0) is 25.0 Å². The van der Waals surface area contributed by atoms with Crippen LogP contribution in [0.2, 0.25) is 0 Å². The Bertz CT molecular complexity index is 600. The molecular weight excluding hydrogens is 257 g/mol. The first-order valence-electron chi connectivity index (χ1n) is 5.99. The summed E-state index contributed by atoms with van der Waals surface area (Å²) < 4.78 is 40.2. The summed E-state index contributed by atoms with van der Waals surface area (Å²) in [6.07, 6.45) is -3.85. The molecular formula is C13H15F3N2O. The van der Waals surface area contributed by atoms with E-state index in [0.717, 1.165) is 6.07 Å². The number of pyridine rings is 1. The number of hydrogen-bond donors (Lipinski definition) is 1. The molecule has 0 aromatic carbocycles. The van der Waals surface area contributed by atoms with E-state index in [1.54, 1.807) is 0 Å². The molecule has 0 aliphatic rings. The maximum atomic E-state index is 12.9. The predicted molar refractivity (Wildman–Crippen MR) is 64.9 cm³/mol. The van der Waals surface area contributed by atoms with E-state index in [4.69, 9.17) is 0 Å². The second-order valence-electron chi connectivity index (χ2n) is 4.83. The minimum Gasteiger partial charge on any atom is -0.387 e. The van der Waals surface area contributed by atoms with Crippen molar-refractivity contribution in [1.82, 2.24) is 9.38 Å². The van der Waals surface area contributed by atoms with E-state index in [1.165, 1.54) is 23.6 Å². The van der Waals surface area contributed by atoms with Gasteiger partial charge in [0.15, 0.2) is 0 Å². The minimum atomic E-state index is -4.46. The molecule has 2 aromatic rings. The van der Waals surface area contributed by atoms with Gasteiger partial charge in [0.25, 0.3) is 0 Å². The second kappa shape index (κ2) is 4.52. The van der Waals surface area contributed by atoms with Crippen LogP contribution in [0.25, 0.3) is 5.65 Å². The van der Waals surface area contributed by atoms with Gasteiger partial charge in [-0.25, -0.2) is 4.98 Å². The Morgan fingerprint density at radius 1 is 1.26 bits per heavy atom. The Morgan fingerprint density at radius 3 is 2.37 bits per heavy atom. The Labute approximate surface area is 108 Å². The first kappa shape index (κ1) is 13.9. The van der Waals surface area contributed by atoms with Crippen LogP contribution in [0, 0.1) is 0 Å². The van der Waals surface area contributed by atoms with E-state index >= 15 is 0 Å². The summed E-state index contributed by atoms with van der Waals surface area (Å²) in [6.45, 7) is 5.19. The second-order valence-corrected chi connectivity index (χ2v) is 4.83. The van der Waals surface area contributed by atoms with E-state index in [-0.39, 0.29) is 11.6 Å². The largest absolute Gasteiger partial charge is 0.419 e. The maximum absolute atomic E-state index is 12.9. The zero-order valence-electron chi connectivity index (χ0n) is 10.9. The van der Waals surface area contributed by atoms with Crippen LogP contribution in [0.15, 0.2) is 18.3 Å². The molecule has 6 heteroatoms. The van der Waals surface area contributed by atoms with Gasteiger partial charge in [0.05, 0.1) is 23.1 Å². The number of hydrogen-bond acceptors (Lipinski definition) is 2. The summed E-state index contributed by atoms with van der Waals surface area (Å²) in [7, 11) is 0. The number of fused-ring (bicyclic) bond motifs is 1. The lowest BCUT2D eigenvalue weighted by Crippen LogP contribution is -2.08. The zero-order chi connectivity index (χ0) is 14.4. The number of aliphatic hydroxyl groups excluding tert-OH is 1. The van der Waals surface area contributed by atoms with Gasteiger partial charge in [0, 0.05) is 6.20 Å². The average Bonchev–Trinajstić information content (AvgIpc) is 2.66. The van der Waals surface area contributed by atoms with Crippen molar-refractivity contribution < 1.29 is 18.3 Å². The van der Waals surface area contributed by atoms with E-state index in [1.807, 2.05) is 13.8 Å². The lowest BCUT2D eigenvalue weighted by molar-refractivity contribution is -0.136. The summed E-state index contributed by atoms with van der Waals surface area (Å²) in [5.74, 6) is -0.0643. The molecule has 19 heavy (non-hydrogen) atoms. The van der Waals surface area contributed by atoms with Gasteiger partial charge >= 0.3 is 6.18 Å². The molecule has 0 spiro atoms. The fourth-order valence-electron chi connectivity index (χ4n) is 2.16. The highest BCUT2D eigenvalue weighted by molar-refractivity contribution is 5.53. The van der Waals surface area contributed by atoms with Crippen molar-refractivity contribution in [3.05, 3.63) is 35.3 Å². The lowest BCUT2D eigenvalue weighted by Gasteiger charge is -2.11. The van der Waals surface area contributed by atoms with Crippen LogP contribution in [0.1, 0.15) is 49.7 Å². The fourth-order valence-corrected chi connectivity index (χ4v) is 2.16. The molecule has 0 bridgehead atoms. The normalized spacial score (nSPS) is 14.3. The fraction of sp³-hybridized carbons (Fsp3) is 0.462. The van der Waals surface area contributed by atoms with Gasteiger partial charge < -0.3 is 9.51 Å². The van der Waals surface area contributed by atoms with Crippen LogP contribution in [-0.4, -0.2) is 14.5 Å². The van der Waals surface area contributed by atoms with Gasteiger partial charge in [-0.2, -0.15) is 13.2 Å². The number of aromatic nitrogens is 2. The van der Waals surface area contributed by atoms with E-state index in [9.17, 15) is 18.3 Å². The highest BCUT2D eigenvalue weighted by Crippen LogP contribution is 2.35. The molecule has 104 valence electrons. The van der Waals surface area contributed by atoms with E-state index < -0.39 is 17.8 Å². The van der Waals surface area contributed by atoms with Crippen molar-refractivity contribution in [1.29, 1.82) is 0 Å². The smallest absolute Gasteiger partial charge is 0.387 e. The molecule has 1 N–H and O–H groups in total. The highest BCUT2D eigenvalue weighted by Gasteiger charge is 2.35. The molecule has 0 amide bonds. The maximum Gasteiger partial charge on any atom is 0.419 e. The molecule has 0 fully saturated rings. The Balaban J connectivity index is 2.83. The molecule has 0 radical (unpaired) electrons. The van der Waals surface area contributed by atoms with E-state index in [0.29, 0.717) is 11.4 Å². The lowest BCUT2D eigenvalue weighted by atomic mass is 10.1. The van der Waals surface area contributed by atoms with Crippen LogP contribution in [0.4, 0.5) is 13.2 Å². The number of alkyl halides is 3. The monoisotopic (exact) mass is 272 g/mol. The van der Waals surface area contributed by atoms with Crippen LogP contribution in [0.5, 0.6) is 0 Å². The first-order valence-corrected chi connectivity index (χ1v) is 5.99. The molecule has 0 saturated carbocycles. The number of aliphatic hydroxyl groups is 1. The molecule has 1 atom stereocenters. The molecule has 1 unspecified atom stereocenters. The standard InChI is InChI=1S/C13H15F3N2O/c1-7(2)10-11(8(3)19)18-6-4-5-9(12(18)17-10)13(14,15)16/h4-8,19H,1-3H3. The number of imidazole rings is 1.